The van der Waals surface area contributed by atoms with Crippen molar-refractivity contribution in [1.82, 2.24) is 9.97 Å². The van der Waals surface area contributed by atoms with Crippen molar-refractivity contribution < 1.29 is 8.78 Å². The molecule has 0 atom stereocenters. The Morgan fingerprint density at radius 1 is 1.24 bits per heavy atom. The van der Waals surface area contributed by atoms with Gasteiger partial charge in [0.2, 0.25) is 5.95 Å². The Morgan fingerprint density at radius 3 is 2.71 bits per heavy atom. The van der Waals surface area contributed by atoms with Crippen LogP contribution in [0.3, 0.4) is 0 Å². The first-order chi connectivity index (χ1) is 8.06. The van der Waals surface area contributed by atoms with Gasteiger partial charge in [0.05, 0.1) is 11.9 Å². The zero-order valence-corrected chi connectivity index (χ0v) is 9.04. The second-order valence-electron chi connectivity index (χ2n) is 3.53. The third-order valence-electron chi connectivity index (χ3n) is 2.14. The molecule has 0 aliphatic heterocycles. The van der Waals surface area contributed by atoms with Crippen molar-refractivity contribution in [1.29, 1.82) is 0 Å². The van der Waals surface area contributed by atoms with Crippen molar-refractivity contribution >= 4 is 17.5 Å². The topological polar surface area (TPSA) is 63.8 Å². The Balaban J connectivity index is 2.34. The maximum Gasteiger partial charge on any atom is 0.222 e. The fraction of sp³-hybridized carbons (Fsp3) is 0.0909. The highest BCUT2D eigenvalue weighted by molar-refractivity contribution is 5.58. The first-order valence-electron chi connectivity index (χ1n) is 4.87. The minimum atomic E-state index is -0.695. The molecule has 1 aromatic heterocycles. The van der Waals surface area contributed by atoms with Crippen LogP contribution in [-0.2, 0) is 0 Å². The molecule has 0 bridgehead atoms. The molecule has 6 heteroatoms. The molecule has 1 heterocycles. The Labute approximate surface area is 96.5 Å². The summed E-state index contributed by atoms with van der Waals surface area (Å²) in [5, 5.41) is 2.53. The smallest absolute Gasteiger partial charge is 0.222 e. The number of rotatable bonds is 2. The predicted molar refractivity (Wildman–Crippen MR) is 60.8 cm³/mol. The van der Waals surface area contributed by atoms with Gasteiger partial charge >= 0.3 is 0 Å². The van der Waals surface area contributed by atoms with Crippen LogP contribution in [0.1, 0.15) is 5.56 Å². The molecule has 3 N–H and O–H groups in total. The lowest BCUT2D eigenvalue weighted by Crippen LogP contribution is -2.03. The number of nitrogens with two attached hydrogens (primary N) is 1. The molecule has 0 unspecified atom stereocenters. The van der Waals surface area contributed by atoms with Crippen molar-refractivity contribution in [3.05, 3.63) is 41.6 Å². The highest BCUT2D eigenvalue weighted by Gasteiger charge is 2.08. The molecule has 0 radical (unpaired) electrons. The summed E-state index contributed by atoms with van der Waals surface area (Å²) >= 11 is 0. The monoisotopic (exact) mass is 236 g/mol. The number of nitrogens with one attached hydrogen (secondary N) is 1. The van der Waals surface area contributed by atoms with E-state index in [0.717, 1.165) is 11.8 Å². The number of hydrogen-bond acceptors (Lipinski definition) is 4. The number of aromatic nitrogens is 2. The third kappa shape index (κ3) is 2.47. The van der Waals surface area contributed by atoms with Gasteiger partial charge in [-0.1, -0.05) is 6.07 Å². The Hall–Kier alpha value is -2.24. The van der Waals surface area contributed by atoms with Gasteiger partial charge in [-0.25, -0.2) is 13.8 Å². The van der Waals surface area contributed by atoms with Crippen LogP contribution in [0.4, 0.5) is 26.2 Å². The van der Waals surface area contributed by atoms with Gasteiger partial charge in [0.1, 0.15) is 5.82 Å². The number of hydrogen-bond donors (Lipinski definition) is 2. The predicted octanol–water partition coefficient (Wildman–Crippen LogP) is 2.39. The zero-order valence-electron chi connectivity index (χ0n) is 9.04. The molecule has 0 aliphatic carbocycles. The molecule has 2 aromatic rings. The minimum absolute atomic E-state index is 0.0820. The lowest BCUT2D eigenvalue weighted by atomic mass is 10.2. The standard InChI is InChI=1S/C11H10F2N4/c1-6-2-3-9(7(12)4-6)16-10-8(13)5-15-11(14)17-10/h2-5H,1H3,(H3,14,15,16,17). The molecule has 0 saturated carbocycles. The Morgan fingerprint density at radius 2 is 2.00 bits per heavy atom. The molecule has 0 saturated heterocycles. The van der Waals surface area contributed by atoms with Gasteiger partial charge in [-0.15, -0.1) is 0 Å². The number of nitrogens with zero attached hydrogens (tertiary/aromatic N) is 2. The largest absolute Gasteiger partial charge is 0.368 e. The van der Waals surface area contributed by atoms with Crippen molar-refractivity contribution in [2.45, 2.75) is 6.92 Å². The normalized spacial score (nSPS) is 10.3. The SMILES string of the molecule is Cc1ccc(Nc2nc(N)ncc2F)c(F)c1. The van der Waals surface area contributed by atoms with E-state index < -0.39 is 11.6 Å². The third-order valence-corrected chi connectivity index (χ3v) is 2.14. The fourth-order valence-corrected chi connectivity index (χ4v) is 1.32. The Kier molecular flexibility index (Phi) is 2.86. The summed E-state index contributed by atoms with van der Waals surface area (Å²) in [5.41, 5.74) is 6.23. The molecule has 1 aromatic carbocycles. The molecule has 0 fully saturated rings. The van der Waals surface area contributed by atoms with E-state index in [1.165, 1.54) is 12.1 Å². The molecule has 0 aliphatic rings. The molecular weight excluding hydrogens is 226 g/mol. The van der Waals surface area contributed by atoms with Gasteiger partial charge in [0, 0.05) is 0 Å². The number of anilines is 3. The van der Waals surface area contributed by atoms with Gasteiger partial charge in [0.25, 0.3) is 0 Å². The first kappa shape index (κ1) is 11.3. The van der Waals surface area contributed by atoms with Crippen LogP contribution in [0.5, 0.6) is 0 Å². The second kappa shape index (κ2) is 4.32. The summed E-state index contributed by atoms with van der Waals surface area (Å²) in [6.07, 6.45) is 0.927. The number of nitrogen functional groups attached to an aromatic ring is 1. The van der Waals surface area contributed by atoms with E-state index in [2.05, 4.69) is 15.3 Å². The second-order valence-corrected chi connectivity index (χ2v) is 3.53. The molecule has 2 rings (SSSR count). The van der Waals surface area contributed by atoms with E-state index in [-0.39, 0.29) is 17.5 Å². The van der Waals surface area contributed by atoms with Gasteiger partial charge in [-0.2, -0.15) is 4.98 Å². The zero-order chi connectivity index (χ0) is 12.4. The van der Waals surface area contributed by atoms with Gasteiger partial charge in [-0.3, -0.25) is 0 Å². The quantitative estimate of drug-likeness (QED) is 0.840. The maximum atomic E-state index is 13.5. The lowest BCUT2D eigenvalue weighted by molar-refractivity contribution is 0.616. The van der Waals surface area contributed by atoms with Crippen LogP contribution in [0.2, 0.25) is 0 Å². The van der Waals surface area contributed by atoms with Crippen LogP contribution in [0, 0.1) is 18.6 Å². The lowest BCUT2D eigenvalue weighted by Gasteiger charge is -2.08. The van der Waals surface area contributed by atoms with E-state index in [4.69, 9.17) is 5.73 Å². The molecule has 4 nitrogen and oxygen atoms in total. The average Bonchev–Trinajstić information content (AvgIpc) is 2.27. The van der Waals surface area contributed by atoms with Gasteiger partial charge in [-0.05, 0) is 24.6 Å². The Bertz CT molecular complexity index is 557. The van der Waals surface area contributed by atoms with E-state index in [0.29, 0.717) is 0 Å². The molecule has 17 heavy (non-hydrogen) atoms. The van der Waals surface area contributed by atoms with E-state index in [9.17, 15) is 8.78 Å². The number of aryl methyl sites for hydroxylation is 1. The maximum absolute atomic E-state index is 13.5. The van der Waals surface area contributed by atoms with Crippen LogP contribution in [0.25, 0.3) is 0 Å². The van der Waals surface area contributed by atoms with Crippen molar-refractivity contribution in [2.24, 2.45) is 0 Å². The highest BCUT2D eigenvalue weighted by atomic mass is 19.1. The molecule has 0 amide bonds. The summed E-state index contributed by atoms with van der Waals surface area (Å²) in [7, 11) is 0. The van der Waals surface area contributed by atoms with Crippen LogP contribution < -0.4 is 11.1 Å². The fourth-order valence-electron chi connectivity index (χ4n) is 1.32. The molecule has 0 spiro atoms. The van der Waals surface area contributed by atoms with E-state index in [1.54, 1.807) is 13.0 Å². The molecule has 88 valence electrons. The summed E-state index contributed by atoms with van der Waals surface area (Å²) < 4.78 is 26.8. The van der Waals surface area contributed by atoms with Crippen molar-refractivity contribution in [2.75, 3.05) is 11.1 Å². The van der Waals surface area contributed by atoms with Gasteiger partial charge < -0.3 is 11.1 Å². The summed E-state index contributed by atoms with van der Waals surface area (Å²) in [5.74, 6) is -1.41. The number of benzene rings is 1. The first-order valence-corrected chi connectivity index (χ1v) is 4.87. The number of halogens is 2. The van der Waals surface area contributed by atoms with E-state index in [1.807, 2.05) is 0 Å². The van der Waals surface area contributed by atoms with Crippen molar-refractivity contribution in [3.8, 4) is 0 Å². The van der Waals surface area contributed by atoms with E-state index >= 15 is 0 Å². The average molecular weight is 236 g/mol. The summed E-state index contributed by atoms with van der Waals surface area (Å²) in [6.45, 7) is 1.76. The molecular formula is C11H10F2N4. The van der Waals surface area contributed by atoms with Crippen LogP contribution >= 0.6 is 0 Å². The highest BCUT2D eigenvalue weighted by Crippen LogP contribution is 2.21. The summed E-state index contributed by atoms with van der Waals surface area (Å²) in [6, 6.07) is 4.54. The van der Waals surface area contributed by atoms with Crippen LogP contribution in [-0.4, -0.2) is 9.97 Å². The van der Waals surface area contributed by atoms with Crippen LogP contribution in [0.15, 0.2) is 24.4 Å². The minimum Gasteiger partial charge on any atom is -0.368 e. The summed E-state index contributed by atoms with van der Waals surface area (Å²) in [4.78, 5) is 7.12. The van der Waals surface area contributed by atoms with Gasteiger partial charge in [0.15, 0.2) is 11.6 Å². The van der Waals surface area contributed by atoms with Crippen molar-refractivity contribution in [3.63, 3.8) is 0 Å².